The zero-order valence-corrected chi connectivity index (χ0v) is 10.4. The first-order valence-corrected chi connectivity index (χ1v) is 6.42. The van der Waals surface area contributed by atoms with Crippen molar-refractivity contribution >= 4 is 33.5 Å². The van der Waals surface area contributed by atoms with Crippen LogP contribution in [-0.4, -0.2) is 18.1 Å². The number of ketones is 1. The second-order valence-corrected chi connectivity index (χ2v) is 5.21. The number of nitrogens with one attached hydrogen (secondary N) is 1. The summed E-state index contributed by atoms with van der Waals surface area (Å²) in [6.07, 6.45) is 1.67. The highest BCUT2D eigenvalue weighted by molar-refractivity contribution is 9.10. The SMILES string of the molecule is O=C(C=C1NCCS1)c1ccc(Br)cc1. The lowest BCUT2D eigenvalue weighted by Gasteiger charge is -1.98. The van der Waals surface area contributed by atoms with Crippen molar-refractivity contribution in [2.75, 3.05) is 12.3 Å². The number of carbonyl (C=O) groups is 1. The summed E-state index contributed by atoms with van der Waals surface area (Å²) < 4.78 is 0.986. The Bertz CT molecular complexity index is 392. The Morgan fingerprint density at radius 1 is 1.40 bits per heavy atom. The molecule has 1 aromatic rings. The van der Waals surface area contributed by atoms with Crippen LogP contribution in [0.15, 0.2) is 39.8 Å². The maximum Gasteiger partial charge on any atom is 0.188 e. The van der Waals surface area contributed by atoms with Crippen LogP contribution < -0.4 is 5.32 Å². The van der Waals surface area contributed by atoms with Crippen molar-refractivity contribution in [3.05, 3.63) is 45.4 Å². The van der Waals surface area contributed by atoms with E-state index in [-0.39, 0.29) is 5.78 Å². The molecule has 1 aromatic carbocycles. The van der Waals surface area contributed by atoms with Crippen LogP contribution in [0, 0.1) is 0 Å². The number of rotatable bonds is 2. The Labute approximate surface area is 101 Å². The van der Waals surface area contributed by atoms with Gasteiger partial charge in [-0.25, -0.2) is 0 Å². The summed E-state index contributed by atoms with van der Waals surface area (Å²) in [6, 6.07) is 7.40. The molecule has 1 aliphatic rings. The normalized spacial score (nSPS) is 17.8. The number of thioether (sulfide) groups is 1. The molecule has 1 saturated heterocycles. The molecule has 4 heteroatoms. The van der Waals surface area contributed by atoms with E-state index in [4.69, 9.17) is 0 Å². The number of halogens is 1. The Balaban J connectivity index is 2.14. The molecule has 2 rings (SSSR count). The van der Waals surface area contributed by atoms with Gasteiger partial charge in [-0.1, -0.05) is 15.9 Å². The monoisotopic (exact) mass is 283 g/mol. The molecule has 0 aromatic heterocycles. The molecule has 15 heavy (non-hydrogen) atoms. The van der Waals surface area contributed by atoms with Crippen LogP contribution in [0.4, 0.5) is 0 Å². The van der Waals surface area contributed by atoms with E-state index in [1.54, 1.807) is 17.8 Å². The molecule has 0 aliphatic carbocycles. The summed E-state index contributed by atoms with van der Waals surface area (Å²) in [5.74, 6) is 1.10. The molecule has 0 atom stereocenters. The van der Waals surface area contributed by atoms with Gasteiger partial charge in [0.2, 0.25) is 0 Å². The Morgan fingerprint density at radius 2 is 2.13 bits per heavy atom. The van der Waals surface area contributed by atoms with Gasteiger partial charge in [-0.05, 0) is 24.3 Å². The van der Waals surface area contributed by atoms with E-state index in [9.17, 15) is 4.79 Å². The molecule has 0 radical (unpaired) electrons. The summed E-state index contributed by atoms with van der Waals surface area (Å²) in [6.45, 7) is 0.949. The first-order chi connectivity index (χ1) is 7.25. The molecular formula is C11H10BrNOS. The molecule has 1 fully saturated rings. The summed E-state index contributed by atoms with van der Waals surface area (Å²) in [7, 11) is 0. The highest BCUT2D eigenvalue weighted by atomic mass is 79.9. The van der Waals surface area contributed by atoms with Gasteiger partial charge in [-0.15, -0.1) is 11.8 Å². The molecule has 78 valence electrons. The van der Waals surface area contributed by atoms with Crippen molar-refractivity contribution in [1.29, 1.82) is 0 Å². The van der Waals surface area contributed by atoms with E-state index in [1.165, 1.54) is 0 Å². The number of hydrogen-bond donors (Lipinski definition) is 1. The van der Waals surface area contributed by atoms with Crippen LogP contribution in [0.3, 0.4) is 0 Å². The molecule has 0 saturated carbocycles. The van der Waals surface area contributed by atoms with Gasteiger partial charge in [0.15, 0.2) is 5.78 Å². The third-order valence-electron chi connectivity index (χ3n) is 2.05. The highest BCUT2D eigenvalue weighted by Crippen LogP contribution is 2.19. The maximum absolute atomic E-state index is 11.8. The van der Waals surface area contributed by atoms with E-state index >= 15 is 0 Å². The fourth-order valence-corrected chi connectivity index (χ4v) is 2.38. The molecule has 0 spiro atoms. The van der Waals surface area contributed by atoms with Crippen LogP contribution in [-0.2, 0) is 0 Å². The average molecular weight is 284 g/mol. The minimum atomic E-state index is 0.0550. The number of benzene rings is 1. The highest BCUT2D eigenvalue weighted by Gasteiger charge is 2.09. The minimum absolute atomic E-state index is 0.0550. The largest absolute Gasteiger partial charge is 0.379 e. The van der Waals surface area contributed by atoms with Crippen LogP contribution in [0.5, 0.6) is 0 Å². The molecule has 0 bridgehead atoms. The van der Waals surface area contributed by atoms with E-state index < -0.39 is 0 Å². The predicted molar refractivity (Wildman–Crippen MR) is 67.0 cm³/mol. The zero-order valence-electron chi connectivity index (χ0n) is 8.00. The van der Waals surface area contributed by atoms with E-state index in [0.29, 0.717) is 0 Å². The van der Waals surface area contributed by atoms with Crippen LogP contribution in [0.2, 0.25) is 0 Å². The topological polar surface area (TPSA) is 29.1 Å². The molecule has 0 amide bonds. The van der Waals surface area contributed by atoms with Crippen LogP contribution in [0.1, 0.15) is 10.4 Å². The molecule has 0 unspecified atom stereocenters. The van der Waals surface area contributed by atoms with Gasteiger partial charge in [0.25, 0.3) is 0 Å². The third-order valence-corrected chi connectivity index (χ3v) is 3.56. The first kappa shape index (κ1) is 10.8. The summed E-state index contributed by atoms with van der Waals surface area (Å²) in [4.78, 5) is 11.8. The van der Waals surface area contributed by atoms with Gasteiger partial charge in [-0.3, -0.25) is 4.79 Å². The van der Waals surface area contributed by atoms with Gasteiger partial charge in [0.05, 0.1) is 5.03 Å². The lowest BCUT2D eigenvalue weighted by Crippen LogP contribution is -2.06. The summed E-state index contributed by atoms with van der Waals surface area (Å²) in [5, 5.41) is 4.14. The lowest BCUT2D eigenvalue weighted by atomic mass is 10.1. The average Bonchev–Trinajstić information content (AvgIpc) is 2.71. The molecule has 1 aliphatic heterocycles. The summed E-state index contributed by atoms with van der Waals surface area (Å²) >= 11 is 5.03. The third kappa shape index (κ3) is 2.86. The second kappa shape index (κ2) is 4.86. The maximum atomic E-state index is 11.8. The fourth-order valence-electron chi connectivity index (χ4n) is 1.30. The Hall–Kier alpha value is -0.740. The van der Waals surface area contributed by atoms with Gasteiger partial charge in [0, 0.05) is 28.4 Å². The van der Waals surface area contributed by atoms with Crippen molar-refractivity contribution in [1.82, 2.24) is 5.32 Å². The first-order valence-electron chi connectivity index (χ1n) is 4.64. The van der Waals surface area contributed by atoms with Gasteiger partial charge >= 0.3 is 0 Å². The second-order valence-electron chi connectivity index (χ2n) is 3.15. The Morgan fingerprint density at radius 3 is 2.73 bits per heavy atom. The standard InChI is InChI=1S/C11H10BrNOS/c12-9-3-1-8(2-4-9)10(14)7-11-13-5-6-15-11/h1-4,7,13H,5-6H2. The smallest absolute Gasteiger partial charge is 0.188 e. The molecular weight excluding hydrogens is 274 g/mol. The number of allylic oxidation sites excluding steroid dienone is 1. The van der Waals surface area contributed by atoms with Crippen molar-refractivity contribution in [2.24, 2.45) is 0 Å². The van der Waals surface area contributed by atoms with Gasteiger partial charge < -0.3 is 5.32 Å². The lowest BCUT2D eigenvalue weighted by molar-refractivity contribution is 0.104. The molecule has 2 nitrogen and oxygen atoms in total. The fraction of sp³-hybridized carbons (Fsp3) is 0.182. The quantitative estimate of drug-likeness (QED) is 0.669. The number of carbonyl (C=O) groups excluding carboxylic acids is 1. The minimum Gasteiger partial charge on any atom is -0.379 e. The summed E-state index contributed by atoms with van der Waals surface area (Å²) in [5.41, 5.74) is 0.722. The van der Waals surface area contributed by atoms with E-state index in [0.717, 1.165) is 27.4 Å². The van der Waals surface area contributed by atoms with Crippen molar-refractivity contribution in [3.8, 4) is 0 Å². The van der Waals surface area contributed by atoms with Crippen LogP contribution in [0.25, 0.3) is 0 Å². The zero-order chi connectivity index (χ0) is 10.7. The van der Waals surface area contributed by atoms with Crippen molar-refractivity contribution < 1.29 is 4.79 Å². The van der Waals surface area contributed by atoms with E-state index in [2.05, 4.69) is 21.2 Å². The number of hydrogen-bond acceptors (Lipinski definition) is 3. The molecule has 1 heterocycles. The van der Waals surface area contributed by atoms with Crippen molar-refractivity contribution in [3.63, 3.8) is 0 Å². The van der Waals surface area contributed by atoms with Crippen molar-refractivity contribution in [2.45, 2.75) is 0 Å². The molecule has 1 N–H and O–H groups in total. The van der Waals surface area contributed by atoms with Gasteiger partial charge in [-0.2, -0.15) is 0 Å². The van der Waals surface area contributed by atoms with Crippen LogP contribution >= 0.6 is 27.7 Å². The Kier molecular flexibility index (Phi) is 3.49. The van der Waals surface area contributed by atoms with E-state index in [1.807, 2.05) is 24.3 Å². The van der Waals surface area contributed by atoms with Gasteiger partial charge in [0.1, 0.15) is 0 Å². The predicted octanol–water partition coefficient (Wildman–Crippen LogP) is 2.81.